The van der Waals surface area contributed by atoms with Gasteiger partial charge in [0.05, 0.1) is 0 Å². The van der Waals surface area contributed by atoms with Crippen molar-refractivity contribution >= 4 is 0 Å². The average Bonchev–Trinajstić information content (AvgIpc) is 2.37. The predicted molar refractivity (Wildman–Crippen MR) is 70.0 cm³/mol. The highest BCUT2D eigenvalue weighted by Crippen LogP contribution is 2.21. The van der Waals surface area contributed by atoms with Crippen LogP contribution in [0.1, 0.15) is 17.2 Å². The smallest absolute Gasteiger partial charge is 0.136 e. The van der Waals surface area contributed by atoms with E-state index in [0.29, 0.717) is 6.54 Å². The Morgan fingerprint density at radius 3 is 2.47 bits per heavy atom. The quantitative estimate of drug-likeness (QED) is 0.871. The summed E-state index contributed by atoms with van der Waals surface area (Å²) in [5.41, 5.74) is 8.06. The van der Waals surface area contributed by atoms with Crippen LogP contribution in [-0.2, 0) is 0 Å². The standard InChI is InChI=1S/C15H17NO/c1-12-6-5-9-14(10-12)17-15(11-16)13-7-3-2-4-8-13/h2-10,15H,11,16H2,1H3. The Balaban J connectivity index is 2.16. The zero-order chi connectivity index (χ0) is 12.1. The Bertz CT molecular complexity index is 467. The van der Waals surface area contributed by atoms with Crippen molar-refractivity contribution < 1.29 is 4.74 Å². The maximum Gasteiger partial charge on any atom is 0.136 e. The number of rotatable bonds is 4. The molecule has 0 aromatic heterocycles. The van der Waals surface area contributed by atoms with Crippen LogP contribution in [0.4, 0.5) is 0 Å². The molecule has 2 aromatic carbocycles. The Morgan fingerprint density at radius 1 is 1.06 bits per heavy atom. The van der Waals surface area contributed by atoms with Crippen LogP contribution in [0, 0.1) is 6.92 Å². The van der Waals surface area contributed by atoms with Crippen molar-refractivity contribution in [2.24, 2.45) is 5.73 Å². The lowest BCUT2D eigenvalue weighted by Gasteiger charge is -2.18. The fourth-order valence-corrected chi connectivity index (χ4v) is 1.77. The molecular weight excluding hydrogens is 210 g/mol. The normalized spacial score (nSPS) is 12.1. The molecule has 88 valence electrons. The molecule has 17 heavy (non-hydrogen) atoms. The van der Waals surface area contributed by atoms with Gasteiger partial charge in [-0.05, 0) is 30.2 Å². The van der Waals surface area contributed by atoms with E-state index in [1.165, 1.54) is 5.56 Å². The molecule has 0 bridgehead atoms. The molecule has 2 heteroatoms. The Hall–Kier alpha value is -1.80. The minimum absolute atomic E-state index is 0.0852. The number of hydrogen-bond acceptors (Lipinski definition) is 2. The van der Waals surface area contributed by atoms with Gasteiger partial charge in [-0.25, -0.2) is 0 Å². The minimum Gasteiger partial charge on any atom is -0.484 e. The van der Waals surface area contributed by atoms with Crippen LogP contribution >= 0.6 is 0 Å². The van der Waals surface area contributed by atoms with Crippen LogP contribution < -0.4 is 10.5 Å². The molecule has 0 heterocycles. The summed E-state index contributed by atoms with van der Waals surface area (Å²) < 4.78 is 5.91. The fraction of sp³-hybridized carbons (Fsp3) is 0.200. The van der Waals surface area contributed by atoms with Crippen molar-refractivity contribution in [3.63, 3.8) is 0 Å². The Morgan fingerprint density at radius 2 is 1.82 bits per heavy atom. The molecule has 0 fully saturated rings. The van der Waals surface area contributed by atoms with Gasteiger partial charge in [0.1, 0.15) is 11.9 Å². The topological polar surface area (TPSA) is 35.2 Å². The molecule has 0 radical (unpaired) electrons. The van der Waals surface area contributed by atoms with Gasteiger partial charge >= 0.3 is 0 Å². The first-order valence-corrected chi connectivity index (χ1v) is 5.78. The Labute approximate surface area is 102 Å². The SMILES string of the molecule is Cc1cccc(OC(CN)c2ccccc2)c1. The van der Waals surface area contributed by atoms with Crippen LogP contribution in [0.5, 0.6) is 5.75 Å². The van der Waals surface area contributed by atoms with Gasteiger partial charge in [0.25, 0.3) is 0 Å². The first-order chi connectivity index (χ1) is 8.29. The lowest BCUT2D eigenvalue weighted by atomic mass is 10.1. The van der Waals surface area contributed by atoms with Crippen molar-refractivity contribution in [2.75, 3.05) is 6.54 Å². The van der Waals surface area contributed by atoms with E-state index in [1.807, 2.05) is 61.5 Å². The summed E-state index contributed by atoms with van der Waals surface area (Å²) in [7, 11) is 0. The van der Waals surface area contributed by atoms with Crippen LogP contribution in [0.2, 0.25) is 0 Å². The maximum atomic E-state index is 5.91. The highest BCUT2D eigenvalue weighted by molar-refractivity contribution is 5.29. The second kappa shape index (κ2) is 5.51. The monoisotopic (exact) mass is 227 g/mol. The number of nitrogens with two attached hydrogens (primary N) is 1. The highest BCUT2D eigenvalue weighted by atomic mass is 16.5. The van der Waals surface area contributed by atoms with E-state index in [-0.39, 0.29) is 6.10 Å². The second-order valence-electron chi connectivity index (χ2n) is 4.07. The van der Waals surface area contributed by atoms with Crippen molar-refractivity contribution in [1.29, 1.82) is 0 Å². The van der Waals surface area contributed by atoms with E-state index in [4.69, 9.17) is 10.5 Å². The number of aryl methyl sites for hydroxylation is 1. The molecule has 0 amide bonds. The Kier molecular flexibility index (Phi) is 3.78. The summed E-state index contributed by atoms with van der Waals surface area (Å²) in [6, 6.07) is 18.1. The van der Waals surface area contributed by atoms with Gasteiger partial charge in [0.2, 0.25) is 0 Å². The summed E-state index contributed by atoms with van der Waals surface area (Å²) in [6.07, 6.45) is -0.0852. The van der Waals surface area contributed by atoms with Crippen LogP contribution in [-0.4, -0.2) is 6.54 Å². The van der Waals surface area contributed by atoms with Gasteiger partial charge in [-0.15, -0.1) is 0 Å². The molecule has 1 atom stereocenters. The fourth-order valence-electron chi connectivity index (χ4n) is 1.77. The third kappa shape index (κ3) is 3.08. The van der Waals surface area contributed by atoms with Gasteiger partial charge in [0.15, 0.2) is 0 Å². The molecule has 0 aliphatic heterocycles. The average molecular weight is 227 g/mol. The molecule has 0 aliphatic rings. The third-order valence-corrected chi connectivity index (χ3v) is 2.65. The largest absolute Gasteiger partial charge is 0.484 e. The van der Waals surface area contributed by atoms with Gasteiger partial charge in [-0.1, -0.05) is 42.5 Å². The molecule has 2 rings (SSSR count). The molecular formula is C15H17NO. The van der Waals surface area contributed by atoms with Crippen molar-refractivity contribution in [2.45, 2.75) is 13.0 Å². The van der Waals surface area contributed by atoms with E-state index in [0.717, 1.165) is 11.3 Å². The predicted octanol–water partition coefficient (Wildman–Crippen LogP) is 3.07. The number of benzene rings is 2. The van der Waals surface area contributed by atoms with Crippen LogP contribution in [0.3, 0.4) is 0 Å². The van der Waals surface area contributed by atoms with E-state index in [2.05, 4.69) is 0 Å². The van der Waals surface area contributed by atoms with Gasteiger partial charge in [0, 0.05) is 6.54 Å². The zero-order valence-corrected chi connectivity index (χ0v) is 9.97. The molecule has 2 aromatic rings. The summed E-state index contributed by atoms with van der Waals surface area (Å²) in [4.78, 5) is 0. The molecule has 2 N–H and O–H groups in total. The van der Waals surface area contributed by atoms with E-state index < -0.39 is 0 Å². The molecule has 0 saturated carbocycles. The summed E-state index contributed by atoms with van der Waals surface area (Å²) in [5, 5.41) is 0. The molecule has 1 unspecified atom stereocenters. The highest BCUT2D eigenvalue weighted by Gasteiger charge is 2.10. The summed E-state index contributed by atoms with van der Waals surface area (Å²) in [5.74, 6) is 0.865. The van der Waals surface area contributed by atoms with Gasteiger partial charge < -0.3 is 10.5 Å². The number of ether oxygens (including phenoxy) is 1. The van der Waals surface area contributed by atoms with Crippen molar-refractivity contribution in [3.05, 3.63) is 65.7 Å². The van der Waals surface area contributed by atoms with Crippen molar-refractivity contribution in [1.82, 2.24) is 0 Å². The first kappa shape index (κ1) is 11.7. The third-order valence-electron chi connectivity index (χ3n) is 2.65. The molecule has 0 aliphatic carbocycles. The first-order valence-electron chi connectivity index (χ1n) is 5.78. The molecule has 0 saturated heterocycles. The van der Waals surface area contributed by atoms with Crippen LogP contribution in [0.25, 0.3) is 0 Å². The zero-order valence-electron chi connectivity index (χ0n) is 9.97. The summed E-state index contributed by atoms with van der Waals surface area (Å²) >= 11 is 0. The van der Waals surface area contributed by atoms with E-state index >= 15 is 0 Å². The van der Waals surface area contributed by atoms with E-state index in [9.17, 15) is 0 Å². The number of hydrogen-bond donors (Lipinski definition) is 1. The second-order valence-corrected chi connectivity index (χ2v) is 4.07. The van der Waals surface area contributed by atoms with Gasteiger partial charge in [-0.2, -0.15) is 0 Å². The maximum absolute atomic E-state index is 5.91. The molecule has 2 nitrogen and oxygen atoms in total. The minimum atomic E-state index is -0.0852. The van der Waals surface area contributed by atoms with Crippen molar-refractivity contribution in [3.8, 4) is 5.75 Å². The van der Waals surface area contributed by atoms with Crippen LogP contribution in [0.15, 0.2) is 54.6 Å². The molecule has 0 spiro atoms. The van der Waals surface area contributed by atoms with E-state index in [1.54, 1.807) is 0 Å². The van der Waals surface area contributed by atoms with Gasteiger partial charge in [-0.3, -0.25) is 0 Å². The lowest BCUT2D eigenvalue weighted by molar-refractivity contribution is 0.214. The lowest BCUT2D eigenvalue weighted by Crippen LogP contribution is -2.18. The summed E-state index contributed by atoms with van der Waals surface area (Å²) in [6.45, 7) is 2.52.